The van der Waals surface area contributed by atoms with Gasteiger partial charge in [-0.1, -0.05) is 37.5 Å². The summed E-state index contributed by atoms with van der Waals surface area (Å²) in [5.74, 6) is -1.23. The first-order valence-corrected chi connectivity index (χ1v) is 9.67. The van der Waals surface area contributed by atoms with Gasteiger partial charge in [0.1, 0.15) is 5.54 Å². The lowest BCUT2D eigenvalue weighted by Gasteiger charge is -2.39. The first kappa shape index (κ1) is 20.5. The third-order valence-electron chi connectivity index (χ3n) is 5.64. The molecular weight excluding hydrogens is 372 g/mol. The number of aryl methyl sites for hydroxylation is 1. The van der Waals surface area contributed by atoms with Gasteiger partial charge >= 0.3 is 5.97 Å². The number of rotatable bonds is 4. The summed E-state index contributed by atoms with van der Waals surface area (Å²) < 4.78 is 6.46. The third-order valence-corrected chi connectivity index (χ3v) is 5.64. The van der Waals surface area contributed by atoms with Crippen molar-refractivity contribution >= 4 is 22.6 Å². The van der Waals surface area contributed by atoms with Gasteiger partial charge in [-0.15, -0.1) is 0 Å². The second-order valence-electron chi connectivity index (χ2n) is 7.47. The van der Waals surface area contributed by atoms with Crippen LogP contribution in [-0.2, 0) is 16.6 Å². The van der Waals surface area contributed by atoms with Crippen molar-refractivity contribution in [1.29, 1.82) is 5.26 Å². The normalized spacial score (nSPS) is 16.6. The quantitative estimate of drug-likeness (QED) is 0.734. The van der Waals surface area contributed by atoms with E-state index in [1.54, 1.807) is 31.3 Å². The predicted octanol–water partition coefficient (Wildman–Crippen LogP) is 2.16. The molecule has 1 atom stereocenters. The van der Waals surface area contributed by atoms with Crippen LogP contribution in [0.4, 0.5) is 0 Å². The van der Waals surface area contributed by atoms with Gasteiger partial charge in [0.15, 0.2) is 11.8 Å². The van der Waals surface area contributed by atoms with Crippen molar-refractivity contribution in [2.24, 2.45) is 7.05 Å². The number of benzene rings is 1. The van der Waals surface area contributed by atoms with E-state index in [0.717, 1.165) is 23.9 Å². The first-order valence-electron chi connectivity index (χ1n) is 9.67. The minimum atomic E-state index is -1.09. The summed E-state index contributed by atoms with van der Waals surface area (Å²) in [6.07, 6.45) is 2.94. The van der Waals surface area contributed by atoms with Crippen molar-refractivity contribution in [2.45, 2.75) is 50.7 Å². The molecule has 1 aromatic heterocycles. The average molecular weight is 396 g/mol. The van der Waals surface area contributed by atoms with Gasteiger partial charge in [0, 0.05) is 19.5 Å². The number of esters is 1. The lowest BCUT2D eigenvalue weighted by atomic mass is 9.81. The van der Waals surface area contributed by atoms with Gasteiger partial charge < -0.3 is 9.64 Å². The topological polar surface area (TPSA) is 105 Å². The van der Waals surface area contributed by atoms with Crippen molar-refractivity contribution < 1.29 is 14.3 Å². The highest BCUT2D eigenvalue weighted by molar-refractivity contribution is 6.02. The van der Waals surface area contributed by atoms with Gasteiger partial charge in [-0.3, -0.25) is 9.59 Å². The third kappa shape index (κ3) is 3.73. The second-order valence-corrected chi connectivity index (χ2v) is 7.47. The fraction of sp³-hybridized carbons (Fsp3) is 0.476. The summed E-state index contributed by atoms with van der Waals surface area (Å²) in [6, 6.07) is 8.91. The average Bonchev–Trinajstić information content (AvgIpc) is 2.75. The molecule has 1 aliphatic rings. The summed E-state index contributed by atoms with van der Waals surface area (Å²) in [7, 11) is 3.04. The number of amides is 1. The predicted molar refractivity (Wildman–Crippen MR) is 106 cm³/mol. The number of fused-ring (bicyclic) bond motifs is 1. The molecule has 1 aliphatic carbocycles. The van der Waals surface area contributed by atoms with Crippen LogP contribution in [0.2, 0.25) is 0 Å². The maximum Gasteiger partial charge on any atom is 0.360 e. The molecule has 0 unspecified atom stereocenters. The number of nitrogens with zero attached hydrogens (tertiary/aromatic N) is 4. The van der Waals surface area contributed by atoms with E-state index in [9.17, 15) is 19.6 Å². The van der Waals surface area contributed by atoms with Crippen LogP contribution in [-0.4, -0.2) is 45.2 Å². The number of hydrogen-bond acceptors (Lipinski definition) is 6. The van der Waals surface area contributed by atoms with E-state index in [1.807, 2.05) is 0 Å². The van der Waals surface area contributed by atoms with E-state index in [-0.39, 0.29) is 11.3 Å². The smallest absolute Gasteiger partial charge is 0.360 e. The van der Waals surface area contributed by atoms with Crippen LogP contribution in [0.15, 0.2) is 29.1 Å². The molecule has 152 valence electrons. The number of likely N-dealkylation sites (N-methyl/N-ethyl adjacent to an activating group) is 1. The maximum atomic E-state index is 12.9. The van der Waals surface area contributed by atoms with Crippen molar-refractivity contribution in [1.82, 2.24) is 14.7 Å². The zero-order valence-electron chi connectivity index (χ0n) is 16.8. The van der Waals surface area contributed by atoms with Gasteiger partial charge in [0.25, 0.3) is 11.5 Å². The highest BCUT2D eigenvalue weighted by atomic mass is 16.5. The van der Waals surface area contributed by atoms with Gasteiger partial charge in [-0.25, -0.2) is 9.48 Å². The molecule has 0 radical (unpaired) electrons. The molecule has 1 fully saturated rings. The molecule has 0 N–H and O–H groups in total. The Labute approximate surface area is 168 Å². The van der Waals surface area contributed by atoms with Crippen LogP contribution >= 0.6 is 0 Å². The molecular formula is C21H24N4O4. The van der Waals surface area contributed by atoms with Crippen molar-refractivity contribution in [2.75, 3.05) is 7.05 Å². The van der Waals surface area contributed by atoms with E-state index >= 15 is 0 Å². The molecule has 3 rings (SSSR count). The number of carbonyl (C=O) groups excluding carboxylic acids is 2. The minimum Gasteiger partial charge on any atom is -0.448 e. The summed E-state index contributed by atoms with van der Waals surface area (Å²) in [6.45, 7) is 1.48. The molecule has 8 nitrogen and oxygen atoms in total. The van der Waals surface area contributed by atoms with Crippen molar-refractivity contribution in [3.63, 3.8) is 0 Å². The van der Waals surface area contributed by atoms with Crippen LogP contribution < -0.4 is 5.56 Å². The number of hydrogen-bond donors (Lipinski definition) is 0. The Balaban J connectivity index is 1.83. The monoisotopic (exact) mass is 396 g/mol. The number of ether oxygens (including phenoxy) is 1. The van der Waals surface area contributed by atoms with E-state index in [1.165, 1.54) is 18.9 Å². The Kier molecular flexibility index (Phi) is 5.69. The van der Waals surface area contributed by atoms with Crippen LogP contribution in [0.3, 0.4) is 0 Å². The van der Waals surface area contributed by atoms with E-state index in [2.05, 4.69) is 11.2 Å². The Morgan fingerprint density at radius 3 is 2.48 bits per heavy atom. The summed E-state index contributed by atoms with van der Waals surface area (Å²) >= 11 is 0. The highest BCUT2D eigenvalue weighted by Gasteiger charge is 2.41. The number of nitriles is 1. The molecule has 0 saturated heterocycles. The Morgan fingerprint density at radius 2 is 1.86 bits per heavy atom. The molecule has 29 heavy (non-hydrogen) atoms. The Morgan fingerprint density at radius 1 is 1.24 bits per heavy atom. The highest BCUT2D eigenvalue weighted by Crippen LogP contribution is 2.33. The SMILES string of the molecule is C[C@@H](OC(=O)c1nn(C)c(=O)c2ccccc12)C(=O)N(C)C1(C#N)CCCCC1. The summed E-state index contributed by atoms with van der Waals surface area (Å²) in [5.41, 5.74) is -1.22. The molecule has 8 heteroatoms. The summed E-state index contributed by atoms with van der Waals surface area (Å²) in [5, 5.41) is 14.4. The zero-order valence-corrected chi connectivity index (χ0v) is 16.8. The lowest BCUT2D eigenvalue weighted by Crippen LogP contribution is -2.53. The fourth-order valence-corrected chi connectivity index (χ4v) is 3.86. The molecule has 1 saturated carbocycles. The molecule has 2 aromatic rings. The molecule has 1 heterocycles. The molecule has 1 aromatic carbocycles. The van der Waals surface area contributed by atoms with Crippen LogP contribution in [0.1, 0.15) is 49.5 Å². The number of aromatic nitrogens is 2. The van der Waals surface area contributed by atoms with Gasteiger partial charge in [0.2, 0.25) is 0 Å². The molecule has 0 spiro atoms. The van der Waals surface area contributed by atoms with E-state index in [4.69, 9.17) is 4.74 Å². The molecule has 0 bridgehead atoms. The van der Waals surface area contributed by atoms with Crippen molar-refractivity contribution in [3.05, 3.63) is 40.3 Å². The standard InChI is InChI=1S/C21H24N4O4/c1-14(18(26)24(2)21(13-22)11-7-4-8-12-21)29-20(28)17-15-9-5-6-10-16(15)19(27)25(3)23-17/h5-6,9-10,14H,4,7-8,11-12H2,1-3H3/t14-/m1/s1. The van der Waals surface area contributed by atoms with Gasteiger partial charge in [-0.2, -0.15) is 10.4 Å². The maximum absolute atomic E-state index is 12.9. The molecule has 1 amide bonds. The second kappa shape index (κ2) is 8.03. The Hall–Kier alpha value is -3.21. The van der Waals surface area contributed by atoms with Crippen LogP contribution in [0.25, 0.3) is 10.8 Å². The van der Waals surface area contributed by atoms with E-state index in [0.29, 0.717) is 23.6 Å². The first-order chi connectivity index (χ1) is 13.8. The Bertz CT molecular complexity index is 1050. The molecule has 0 aliphatic heterocycles. The minimum absolute atomic E-state index is 0.0299. The van der Waals surface area contributed by atoms with Crippen LogP contribution in [0, 0.1) is 11.3 Å². The van der Waals surface area contributed by atoms with Gasteiger partial charge in [0.05, 0.1) is 11.5 Å². The van der Waals surface area contributed by atoms with Crippen molar-refractivity contribution in [3.8, 4) is 6.07 Å². The van der Waals surface area contributed by atoms with E-state index < -0.39 is 23.5 Å². The largest absolute Gasteiger partial charge is 0.448 e. The lowest BCUT2D eigenvalue weighted by molar-refractivity contribution is -0.143. The zero-order chi connectivity index (χ0) is 21.2. The fourth-order valence-electron chi connectivity index (χ4n) is 3.86. The number of carbonyl (C=O) groups is 2. The van der Waals surface area contributed by atoms with Crippen LogP contribution in [0.5, 0.6) is 0 Å². The van der Waals surface area contributed by atoms with Gasteiger partial charge in [-0.05, 0) is 25.8 Å². The summed E-state index contributed by atoms with van der Waals surface area (Å²) in [4.78, 5) is 39.3.